The largest absolute Gasteiger partial charge is 0.480 e. The average molecular weight is 229 g/mol. The number of aliphatic carboxylic acids is 1. The first-order valence-electron chi connectivity index (χ1n) is 5.26. The summed E-state index contributed by atoms with van der Waals surface area (Å²) in [5.74, 6) is 1.77. The number of allylic oxidation sites excluding steroid dienone is 1. The second-order valence-corrected chi connectivity index (χ2v) is 3.72. The molecule has 1 aromatic rings. The number of benzene rings is 1. The second kappa shape index (κ2) is 6.51. The first-order chi connectivity index (χ1) is 8.13. The zero-order valence-corrected chi connectivity index (χ0v) is 9.76. The minimum absolute atomic E-state index is 0.00312. The fraction of sp³-hybridized carbons (Fsp3) is 0.214. The van der Waals surface area contributed by atoms with Gasteiger partial charge in [0.05, 0.1) is 6.54 Å². The van der Waals surface area contributed by atoms with Crippen molar-refractivity contribution in [2.45, 2.75) is 0 Å². The summed E-state index contributed by atoms with van der Waals surface area (Å²) in [4.78, 5) is 12.2. The number of hydrogen-bond donors (Lipinski definition) is 1. The molecule has 0 fully saturated rings. The van der Waals surface area contributed by atoms with Crippen LogP contribution in [0.4, 0.5) is 0 Å². The molecule has 0 amide bonds. The van der Waals surface area contributed by atoms with Gasteiger partial charge in [0, 0.05) is 12.1 Å². The van der Waals surface area contributed by atoms with E-state index in [9.17, 15) is 4.79 Å². The maximum atomic E-state index is 10.5. The van der Waals surface area contributed by atoms with Crippen LogP contribution in [0.3, 0.4) is 0 Å². The molecule has 1 N–H and O–H groups in total. The third kappa shape index (κ3) is 4.54. The van der Waals surface area contributed by atoms with Gasteiger partial charge < -0.3 is 5.11 Å². The lowest BCUT2D eigenvalue weighted by Crippen LogP contribution is -2.25. The SMILES string of the molecule is C#C/C(=C/CN(C)CC(=O)O)c1ccccc1. The Balaban J connectivity index is 2.70. The zero-order chi connectivity index (χ0) is 12.7. The van der Waals surface area contributed by atoms with Gasteiger partial charge in [-0.3, -0.25) is 9.69 Å². The molecule has 0 saturated heterocycles. The third-order valence-electron chi connectivity index (χ3n) is 2.25. The van der Waals surface area contributed by atoms with E-state index in [1.165, 1.54) is 0 Å². The number of rotatable bonds is 5. The van der Waals surface area contributed by atoms with E-state index in [-0.39, 0.29) is 6.54 Å². The first kappa shape index (κ1) is 13.0. The lowest BCUT2D eigenvalue weighted by atomic mass is 10.1. The van der Waals surface area contributed by atoms with Crippen LogP contribution in [-0.2, 0) is 4.79 Å². The highest BCUT2D eigenvalue weighted by atomic mass is 16.4. The molecule has 1 aromatic carbocycles. The monoisotopic (exact) mass is 229 g/mol. The molecule has 0 saturated carbocycles. The Hall–Kier alpha value is -2.05. The quantitative estimate of drug-likeness (QED) is 0.781. The van der Waals surface area contributed by atoms with E-state index in [1.807, 2.05) is 36.4 Å². The molecule has 1 rings (SSSR count). The van der Waals surface area contributed by atoms with Gasteiger partial charge in [-0.1, -0.05) is 42.3 Å². The van der Waals surface area contributed by atoms with Gasteiger partial charge in [-0.15, -0.1) is 6.42 Å². The van der Waals surface area contributed by atoms with Crippen LogP contribution >= 0.6 is 0 Å². The molecule has 0 aliphatic carbocycles. The lowest BCUT2D eigenvalue weighted by molar-refractivity contribution is -0.137. The Bertz CT molecular complexity index is 443. The van der Waals surface area contributed by atoms with Crippen molar-refractivity contribution in [1.82, 2.24) is 4.90 Å². The highest BCUT2D eigenvalue weighted by Crippen LogP contribution is 2.12. The highest BCUT2D eigenvalue weighted by molar-refractivity contribution is 5.78. The van der Waals surface area contributed by atoms with Crippen molar-refractivity contribution >= 4 is 11.5 Å². The molecule has 0 atom stereocenters. The van der Waals surface area contributed by atoms with E-state index in [0.717, 1.165) is 11.1 Å². The number of likely N-dealkylation sites (N-methyl/N-ethyl adjacent to an activating group) is 1. The Kier molecular flexibility index (Phi) is 4.99. The standard InChI is InChI=1S/C14H15NO2/c1-3-12(13-7-5-4-6-8-13)9-10-15(2)11-14(16)17/h1,4-9H,10-11H2,2H3,(H,16,17)/b12-9-. The van der Waals surface area contributed by atoms with Crippen molar-refractivity contribution in [2.75, 3.05) is 20.1 Å². The molecule has 3 nitrogen and oxygen atoms in total. The van der Waals surface area contributed by atoms with Crippen molar-refractivity contribution in [3.05, 3.63) is 42.0 Å². The number of nitrogens with zero attached hydrogens (tertiary/aromatic N) is 1. The van der Waals surface area contributed by atoms with Gasteiger partial charge in [-0.25, -0.2) is 0 Å². The van der Waals surface area contributed by atoms with Crippen LogP contribution in [0, 0.1) is 12.3 Å². The molecular weight excluding hydrogens is 214 g/mol. The lowest BCUT2D eigenvalue weighted by Gasteiger charge is -2.11. The second-order valence-electron chi connectivity index (χ2n) is 3.72. The summed E-state index contributed by atoms with van der Waals surface area (Å²) >= 11 is 0. The predicted molar refractivity (Wildman–Crippen MR) is 68.4 cm³/mol. The van der Waals surface area contributed by atoms with Crippen molar-refractivity contribution < 1.29 is 9.90 Å². The van der Waals surface area contributed by atoms with Gasteiger partial charge in [0.1, 0.15) is 0 Å². The van der Waals surface area contributed by atoms with Crippen LogP contribution in [0.15, 0.2) is 36.4 Å². The topological polar surface area (TPSA) is 40.5 Å². The van der Waals surface area contributed by atoms with Gasteiger partial charge >= 0.3 is 5.97 Å². The molecule has 17 heavy (non-hydrogen) atoms. The zero-order valence-electron chi connectivity index (χ0n) is 9.76. The van der Waals surface area contributed by atoms with Crippen molar-refractivity contribution in [1.29, 1.82) is 0 Å². The molecule has 3 heteroatoms. The summed E-state index contributed by atoms with van der Waals surface area (Å²) < 4.78 is 0. The Morgan fingerprint density at radius 3 is 2.65 bits per heavy atom. The first-order valence-corrected chi connectivity index (χ1v) is 5.26. The number of carbonyl (C=O) groups is 1. The number of carboxylic acids is 1. The molecule has 0 unspecified atom stereocenters. The van der Waals surface area contributed by atoms with Crippen LogP contribution in [0.5, 0.6) is 0 Å². The minimum atomic E-state index is -0.845. The highest BCUT2D eigenvalue weighted by Gasteiger charge is 2.03. The summed E-state index contributed by atoms with van der Waals surface area (Å²) in [7, 11) is 1.74. The van der Waals surface area contributed by atoms with E-state index in [2.05, 4.69) is 5.92 Å². The van der Waals surface area contributed by atoms with Crippen LogP contribution in [-0.4, -0.2) is 36.1 Å². The van der Waals surface area contributed by atoms with Crippen LogP contribution < -0.4 is 0 Å². The molecule has 88 valence electrons. The smallest absolute Gasteiger partial charge is 0.317 e. The maximum Gasteiger partial charge on any atom is 0.317 e. The molecule has 0 spiro atoms. The van der Waals surface area contributed by atoms with E-state index >= 15 is 0 Å². The predicted octanol–water partition coefficient (Wildman–Crippen LogP) is 1.72. The summed E-state index contributed by atoms with van der Waals surface area (Å²) in [5, 5.41) is 8.62. The summed E-state index contributed by atoms with van der Waals surface area (Å²) in [6, 6.07) is 9.63. The third-order valence-corrected chi connectivity index (χ3v) is 2.25. The van der Waals surface area contributed by atoms with Gasteiger partial charge in [0.2, 0.25) is 0 Å². The van der Waals surface area contributed by atoms with Gasteiger partial charge in [0.25, 0.3) is 0 Å². The molecule has 0 heterocycles. The van der Waals surface area contributed by atoms with Crippen molar-refractivity contribution in [3.8, 4) is 12.3 Å². The molecule has 0 aliphatic heterocycles. The van der Waals surface area contributed by atoms with Crippen LogP contribution in [0.2, 0.25) is 0 Å². The van der Waals surface area contributed by atoms with E-state index in [0.29, 0.717) is 6.54 Å². The van der Waals surface area contributed by atoms with Crippen molar-refractivity contribution in [2.24, 2.45) is 0 Å². The molecule has 0 radical (unpaired) electrons. The Morgan fingerprint density at radius 2 is 2.12 bits per heavy atom. The van der Waals surface area contributed by atoms with Crippen LogP contribution in [0.1, 0.15) is 5.56 Å². The molecular formula is C14H15NO2. The summed E-state index contributed by atoms with van der Waals surface area (Å²) in [5.41, 5.74) is 1.75. The fourth-order valence-corrected chi connectivity index (χ4v) is 1.42. The molecule has 0 bridgehead atoms. The van der Waals surface area contributed by atoms with Crippen LogP contribution in [0.25, 0.3) is 5.57 Å². The Morgan fingerprint density at radius 1 is 1.47 bits per heavy atom. The number of terminal acetylenes is 1. The summed E-state index contributed by atoms with van der Waals surface area (Å²) in [6.07, 6.45) is 7.30. The maximum absolute atomic E-state index is 10.5. The van der Waals surface area contributed by atoms with Gasteiger partial charge in [-0.05, 0) is 12.6 Å². The molecule has 0 aromatic heterocycles. The van der Waals surface area contributed by atoms with Crippen molar-refractivity contribution in [3.63, 3.8) is 0 Å². The number of hydrogen-bond acceptors (Lipinski definition) is 2. The normalized spacial score (nSPS) is 11.2. The van der Waals surface area contributed by atoms with E-state index in [1.54, 1.807) is 11.9 Å². The van der Waals surface area contributed by atoms with Gasteiger partial charge in [0.15, 0.2) is 0 Å². The number of carboxylic acid groups (broad SMARTS) is 1. The Labute approximate surface area is 101 Å². The minimum Gasteiger partial charge on any atom is -0.480 e. The fourth-order valence-electron chi connectivity index (χ4n) is 1.42. The van der Waals surface area contributed by atoms with Gasteiger partial charge in [-0.2, -0.15) is 0 Å². The average Bonchev–Trinajstić information content (AvgIpc) is 2.30. The summed E-state index contributed by atoms with van der Waals surface area (Å²) in [6.45, 7) is 0.518. The molecule has 0 aliphatic rings. The van der Waals surface area contributed by atoms with E-state index in [4.69, 9.17) is 11.5 Å². The van der Waals surface area contributed by atoms with E-state index < -0.39 is 5.97 Å².